The molecule has 1 N–H and O–H groups in total. The first kappa shape index (κ1) is 38.1. The van der Waals surface area contributed by atoms with E-state index in [4.69, 9.17) is 19.0 Å². The van der Waals surface area contributed by atoms with Gasteiger partial charge in [-0.1, -0.05) is 60.1 Å². The van der Waals surface area contributed by atoms with Gasteiger partial charge in [-0.3, -0.25) is 18.8 Å². The number of ether oxygens (including phenoxy) is 2. The fraction of sp³-hybridized carbons (Fsp3) is 0.389. The minimum Gasteiger partial charge on any atom is -0.377 e. The second-order valence-corrected chi connectivity index (χ2v) is 14.1. The van der Waals surface area contributed by atoms with Gasteiger partial charge in [0.05, 0.1) is 29.9 Å². The van der Waals surface area contributed by atoms with Crippen LogP contribution >= 0.6 is 0 Å². The molecule has 3 heterocycles. The molecule has 16 heteroatoms. The summed E-state index contributed by atoms with van der Waals surface area (Å²) in [7, 11) is -1.14. The van der Waals surface area contributed by atoms with Crippen LogP contribution in [0, 0.1) is 20.8 Å². The van der Waals surface area contributed by atoms with E-state index in [1.54, 1.807) is 52.1 Å². The zero-order valence-electron chi connectivity index (χ0n) is 30.5. The van der Waals surface area contributed by atoms with Crippen molar-refractivity contribution in [2.45, 2.75) is 71.9 Å². The van der Waals surface area contributed by atoms with Crippen LogP contribution in [0.15, 0.2) is 62.9 Å². The zero-order chi connectivity index (χ0) is 37.6. The molecule has 0 atom stereocenters. The van der Waals surface area contributed by atoms with E-state index in [1.807, 2.05) is 25.1 Å². The van der Waals surface area contributed by atoms with Crippen LogP contribution in [0.1, 0.15) is 71.0 Å². The summed E-state index contributed by atoms with van der Waals surface area (Å²) in [6.45, 7) is 9.44. The number of nitrogens with one attached hydrogen (secondary N) is 1. The smallest absolute Gasteiger partial charge is 0.268 e. The average molecular weight is 733 g/mol. The van der Waals surface area contributed by atoms with Gasteiger partial charge in [-0.05, 0) is 56.9 Å². The van der Waals surface area contributed by atoms with Crippen LogP contribution in [0.2, 0.25) is 0 Å². The minimum absolute atomic E-state index is 0.0390. The number of anilines is 2. The van der Waals surface area contributed by atoms with Crippen LogP contribution in [-0.2, 0) is 46.1 Å². The van der Waals surface area contributed by atoms with E-state index in [9.17, 15) is 18.0 Å². The van der Waals surface area contributed by atoms with Gasteiger partial charge < -0.3 is 19.3 Å². The maximum atomic E-state index is 14.4. The van der Waals surface area contributed by atoms with Crippen molar-refractivity contribution < 1.29 is 27.2 Å². The van der Waals surface area contributed by atoms with Gasteiger partial charge in [0.1, 0.15) is 23.9 Å². The number of hydrogen-bond acceptors (Lipinski definition) is 11. The molecule has 2 aromatic carbocycles. The first-order valence-corrected chi connectivity index (χ1v) is 18.4. The third-order valence-electron chi connectivity index (χ3n) is 8.59. The van der Waals surface area contributed by atoms with E-state index < -0.39 is 21.5 Å². The number of amides is 1. The van der Waals surface area contributed by atoms with Crippen LogP contribution in [-0.4, -0.2) is 64.5 Å². The molecule has 0 fully saturated rings. The number of methoxy groups -OCH3 is 1. The number of unbranched alkanes of at least 4 members (excludes halogenated alkanes) is 1. The molecule has 3 aromatic heterocycles. The largest absolute Gasteiger partial charge is 0.377 e. The van der Waals surface area contributed by atoms with Crippen molar-refractivity contribution in [2.75, 3.05) is 30.1 Å². The summed E-state index contributed by atoms with van der Waals surface area (Å²) in [5.74, 6) is 0.773. The standard InChI is InChI=1S/C36H44N8O7S/c1-8-10-15-32-37-24(4)33(35(45)38-31-20-42(6)41-39-31)36(46)43(32)19-26-16-17-28(27(18-26)21-50-9-2)29-13-11-12-14-30(29)52(47,48)44(22-49-7)34-23(3)25(5)51-40-34/h11-14,16-18,20H,8-10,15,19,21-22H2,1-7H3,(H,38,45). The summed E-state index contributed by atoms with van der Waals surface area (Å²) < 4.78 is 49.2. The molecule has 0 aliphatic rings. The lowest BCUT2D eigenvalue weighted by atomic mass is 9.97. The molecule has 0 spiro atoms. The van der Waals surface area contributed by atoms with Gasteiger partial charge in [-0.15, -0.1) is 5.10 Å². The molecule has 0 unspecified atom stereocenters. The van der Waals surface area contributed by atoms with E-state index in [0.717, 1.165) is 22.7 Å². The molecule has 52 heavy (non-hydrogen) atoms. The van der Waals surface area contributed by atoms with E-state index in [1.165, 1.54) is 22.6 Å². The Morgan fingerprint density at radius 3 is 2.50 bits per heavy atom. The molecule has 276 valence electrons. The molecule has 0 radical (unpaired) electrons. The van der Waals surface area contributed by atoms with Crippen molar-refractivity contribution in [2.24, 2.45) is 7.05 Å². The molecule has 0 aliphatic heterocycles. The Balaban J connectivity index is 1.59. The molecular formula is C36H44N8O7S. The first-order chi connectivity index (χ1) is 24.9. The lowest BCUT2D eigenvalue weighted by Crippen LogP contribution is -2.34. The highest BCUT2D eigenvalue weighted by molar-refractivity contribution is 7.93. The Hall–Kier alpha value is -5.19. The topological polar surface area (TPSA) is 177 Å². The number of carbonyl (C=O) groups is 1. The molecule has 0 aliphatic carbocycles. The number of benzene rings is 2. The highest BCUT2D eigenvalue weighted by atomic mass is 32.2. The van der Waals surface area contributed by atoms with E-state index in [0.29, 0.717) is 52.6 Å². The maximum Gasteiger partial charge on any atom is 0.268 e. The van der Waals surface area contributed by atoms with Gasteiger partial charge in [0.25, 0.3) is 21.5 Å². The summed E-state index contributed by atoms with van der Waals surface area (Å²) in [5.41, 5.74) is 2.84. The molecule has 1 amide bonds. The monoisotopic (exact) mass is 732 g/mol. The van der Waals surface area contributed by atoms with E-state index in [-0.39, 0.29) is 42.0 Å². The van der Waals surface area contributed by atoms with Gasteiger partial charge >= 0.3 is 0 Å². The fourth-order valence-electron chi connectivity index (χ4n) is 5.81. The number of sulfonamides is 1. The lowest BCUT2D eigenvalue weighted by Gasteiger charge is -2.23. The molecular weight excluding hydrogens is 689 g/mol. The van der Waals surface area contributed by atoms with Crippen molar-refractivity contribution in [1.29, 1.82) is 0 Å². The summed E-state index contributed by atoms with van der Waals surface area (Å²) in [6.07, 6.45) is 3.75. The van der Waals surface area contributed by atoms with Crippen molar-refractivity contribution in [3.63, 3.8) is 0 Å². The summed E-state index contributed by atoms with van der Waals surface area (Å²) in [4.78, 5) is 32.2. The third-order valence-corrected chi connectivity index (χ3v) is 10.4. The van der Waals surface area contributed by atoms with Gasteiger partial charge in [0.2, 0.25) is 0 Å². The maximum absolute atomic E-state index is 14.4. The molecule has 0 saturated carbocycles. The SMILES string of the molecule is CCCCc1nc(C)c(C(=O)Nc2cn(C)nn2)c(=O)n1Cc1ccc(-c2ccccc2S(=O)(=O)N(COC)c2noc(C)c2C)c(COCC)c1. The normalized spacial score (nSPS) is 11.6. The predicted octanol–water partition coefficient (Wildman–Crippen LogP) is 4.93. The Labute approximate surface area is 302 Å². The second-order valence-electron chi connectivity index (χ2n) is 12.3. The fourth-order valence-corrected chi connectivity index (χ4v) is 7.39. The molecule has 0 bridgehead atoms. The van der Waals surface area contributed by atoms with Crippen molar-refractivity contribution in [1.82, 2.24) is 29.7 Å². The van der Waals surface area contributed by atoms with Crippen LogP contribution in [0.25, 0.3) is 11.1 Å². The van der Waals surface area contributed by atoms with E-state index >= 15 is 0 Å². The highest BCUT2D eigenvalue weighted by Crippen LogP contribution is 2.35. The van der Waals surface area contributed by atoms with Crippen LogP contribution in [0.3, 0.4) is 0 Å². The van der Waals surface area contributed by atoms with Crippen LogP contribution in [0.4, 0.5) is 11.6 Å². The summed E-state index contributed by atoms with van der Waals surface area (Å²) in [6, 6.07) is 12.3. The highest BCUT2D eigenvalue weighted by Gasteiger charge is 2.32. The lowest BCUT2D eigenvalue weighted by molar-refractivity contribution is 0.102. The van der Waals surface area contributed by atoms with Gasteiger partial charge in [-0.2, -0.15) is 0 Å². The van der Waals surface area contributed by atoms with Crippen molar-refractivity contribution >= 4 is 27.6 Å². The van der Waals surface area contributed by atoms with Crippen molar-refractivity contribution in [3.05, 3.63) is 98.5 Å². The average Bonchev–Trinajstić information content (AvgIpc) is 3.69. The summed E-state index contributed by atoms with van der Waals surface area (Å²) >= 11 is 0. The van der Waals surface area contributed by atoms with Gasteiger partial charge in [-0.25, -0.2) is 17.7 Å². The molecule has 15 nitrogen and oxygen atoms in total. The number of hydrogen-bond donors (Lipinski definition) is 1. The number of carbonyl (C=O) groups excluding carboxylic acids is 1. The Kier molecular flexibility index (Phi) is 12.0. The first-order valence-electron chi connectivity index (χ1n) is 16.9. The number of rotatable bonds is 16. The second kappa shape index (κ2) is 16.4. The van der Waals surface area contributed by atoms with Gasteiger partial charge in [0, 0.05) is 38.3 Å². The Morgan fingerprint density at radius 2 is 1.85 bits per heavy atom. The zero-order valence-corrected chi connectivity index (χ0v) is 31.3. The molecule has 0 saturated heterocycles. The third kappa shape index (κ3) is 7.98. The predicted molar refractivity (Wildman–Crippen MR) is 195 cm³/mol. The minimum atomic E-state index is -4.21. The Morgan fingerprint density at radius 1 is 1.08 bits per heavy atom. The van der Waals surface area contributed by atoms with Crippen molar-refractivity contribution in [3.8, 4) is 11.1 Å². The van der Waals surface area contributed by atoms with Crippen LogP contribution < -0.4 is 15.2 Å². The molecule has 5 rings (SSSR count). The number of nitrogens with zero attached hydrogens (tertiary/aromatic N) is 7. The quantitative estimate of drug-likeness (QED) is 0.136. The number of aryl methyl sites for hydroxylation is 4. The molecule has 5 aromatic rings. The Bertz CT molecular complexity index is 2230. The summed E-state index contributed by atoms with van der Waals surface area (Å²) in [5, 5.41) is 14.4. The van der Waals surface area contributed by atoms with Crippen LogP contribution in [0.5, 0.6) is 0 Å². The van der Waals surface area contributed by atoms with E-state index in [2.05, 4.69) is 27.7 Å². The van der Waals surface area contributed by atoms with Gasteiger partial charge in [0.15, 0.2) is 11.6 Å². The number of aromatic nitrogens is 6.